The molecule has 0 heterocycles. The summed E-state index contributed by atoms with van der Waals surface area (Å²) in [5, 5.41) is 6.28. The maximum Gasteiger partial charge on any atom is 0.221 e. The van der Waals surface area contributed by atoms with E-state index in [1.807, 2.05) is 0 Å². The van der Waals surface area contributed by atoms with Gasteiger partial charge in [0.25, 0.3) is 0 Å². The number of amides is 2. The summed E-state index contributed by atoms with van der Waals surface area (Å²) < 4.78 is 0. The van der Waals surface area contributed by atoms with E-state index >= 15 is 0 Å². The summed E-state index contributed by atoms with van der Waals surface area (Å²) in [4.78, 5) is 29.8. The molecule has 0 aliphatic carbocycles. The van der Waals surface area contributed by atoms with E-state index < -0.39 is 0 Å². The molecule has 262 valence electrons. The van der Waals surface area contributed by atoms with Gasteiger partial charge in [0.05, 0.1) is 0 Å². The molecule has 0 rings (SSSR count). The van der Waals surface area contributed by atoms with Crippen molar-refractivity contribution in [1.29, 1.82) is 0 Å². The van der Waals surface area contributed by atoms with Gasteiger partial charge in [-0.25, -0.2) is 0 Å². The van der Waals surface area contributed by atoms with E-state index in [-0.39, 0.29) is 11.8 Å². The number of nitrogens with zero attached hydrogens (tertiary/aromatic N) is 2. The van der Waals surface area contributed by atoms with Gasteiger partial charge in [-0.2, -0.15) is 0 Å². The SMILES string of the molecule is CCCCCCCCCCCCNC(=O)CCN(CCN(CCC(=O)NCCCCCCCCCCCC)C(C)C)C(C)C. The Kier molecular flexibility index (Phi) is 31.0. The third-order valence-corrected chi connectivity index (χ3v) is 9.09. The predicted molar refractivity (Wildman–Crippen MR) is 192 cm³/mol. The van der Waals surface area contributed by atoms with Gasteiger partial charge in [-0.15, -0.1) is 0 Å². The van der Waals surface area contributed by atoms with Gasteiger partial charge in [0.1, 0.15) is 0 Å². The molecule has 0 spiro atoms. The van der Waals surface area contributed by atoms with Crippen molar-refractivity contribution in [2.45, 2.75) is 195 Å². The Labute approximate surface area is 275 Å². The minimum atomic E-state index is 0.173. The molecule has 0 radical (unpaired) electrons. The lowest BCUT2D eigenvalue weighted by molar-refractivity contribution is -0.122. The number of carbonyl (C=O) groups excluding carboxylic acids is 2. The van der Waals surface area contributed by atoms with E-state index in [4.69, 9.17) is 0 Å². The van der Waals surface area contributed by atoms with Gasteiger partial charge in [-0.3, -0.25) is 19.4 Å². The van der Waals surface area contributed by atoms with Crippen molar-refractivity contribution in [3.8, 4) is 0 Å². The highest BCUT2D eigenvalue weighted by Gasteiger charge is 2.16. The number of rotatable bonds is 33. The molecule has 0 aromatic carbocycles. The Bertz CT molecular complexity index is 586. The first-order chi connectivity index (χ1) is 21.3. The summed E-state index contributed by atoms with van der Waals surface area (Å²) in [5.74, 6) is 0.345. The zero-order chi connectivity index (χ0) is 32.7. The molecule has 0 aromatic heterocycles. The van der Waals surface area contributed by atoms with Gasteiger partial charge in [0.2, 0.25) is 11.8 Å². The lowest BCUT2D eigenvalue weighted by Gasteiger charge is -2.32. The van der Waals surface area contributed by atoms with Crippen molar-refractivity contribution in [3.05, 3.63) is 0 Å². The molecule has 0 aliphatic rings. The van der Waals surface area contributed by atoms with E-state index in [9.17, 15) is 9.59 Å². The van der Waals surface area contributed by atoms with Crippen molar-refractivity contribution < 1.29 is 9.59 Å². The summed E-state index contributed by atoms with van der Waals surface area (Å²) in [7, 11) is 0. The molecular formula is C38H78N4O2. The number of hydrogen-bond acceptors (Lipinski definition) is 4. The van der Waals surface area contributed by atoms with Crippen LogP contribution in [0.1, 0.15) is 183 Å². The molecule has 0 unspecified atom stereocenters. The third-order valence-electron chi connectivity index (χ3n) is 9.09. The van der Waals surface area contributed by atoms with Crippen LogP contribution in [0.3, 0.4) is 0 Å². The maximum atomic E-state index is 12.5. The summed E-state index contributed by atoms with van der Waals surface area (Å²) in [6, 6.07) is 0.784. The van der Waals surface area contributed by atoms with Gasteiger partial charge < -0.3 is 10.6 Å². The maximum absolute atomic E-state index is 12.5. The van der Waals surface area contributed by atoms with Crippen LogP contribution in [0.4, 0.5) is 0 Å². The average Bonchev–Trinajstić information content (AvgIpc) is 2.99. The van der Waals surface area contributed by atoms with Crippen LogP contribution >= 0.6 is 0 Å². The van der Waals surface area contributed by atoms with E-state index in [0.717, 1.165) is 52.1 Å². The molecule has 0 aliphatic heterocycles. The van der Waals surface area contributed by atoms with Crippen molar-refractivity contribution in [3.63, 3.8) is 0 Å². The standard InChI is InChI=1S/C38H78N4O2/c1-7-9-11-13-15-17-19-21-23-25-29-39-37(43)27-31-41(35(3)4)33-34-42(36(5)6)32-28-38(44)40-30-26-24-22-20-18-16-14-12-10-8-2/h35-36H,7-34H2,1-6H3,(H,39,43)(H,40,44). The van der Waals surface area contributed by atoms with Crippen LogP contribution in [0.5, 0.6) is 0 Å². The summed E-state index contributed by atoms with van der Waals surface area (Å²) in [6.45, 7) is 18.4. The second kappa shape index (κ2) is 31.8. The molecule has 0 saturated carbocycles. The molecule has 0 atom stereocenters. The topological polar surface area (TPSA) is 64.7 Å². The Hall–Kier alpha value is -1.14. The first-order valence-corrected chi connectivity index (χ1v) is 19.3. The van der Waals surface area contributed by atoms with Crippen LogP contribution in [-0.2, 0) is 9.59 Å². The first-order valence-electron chi connectivity index (χ1n) is 19.3. The van der Waals surface area contributed by atoms with Gasteiger partial charge in [-0.1, -0.05) is 129 Å². The van der Waals surface area contributed by atoms with E-state index in [0.29, 0.717) is 24.9 Å². The van der Waals surface area contributed by atoms with Crippen LogP contribution < -0.4 is 10.6 Å². The Morgan fingerprint density at radius 3 is 0.977 bits per heavy atom. The number of nitrogens with one attached hydrogen (secondary N) is 2. The summed E-state index contributed by atoms with van der Waals surface area (Å²) in [5.41, 5.74) is 0. The number of hydrogen-bond donors (Lipinski definition) is 2. The third kappa shape index (κ3) is 28.3. The van der Waals surface area contributed by atoms with Crippen molar-refractivity contribution >= 4 is 11.8 Å². The van der Waals surface area contributed by atoms with Gasteiger partial charge in [0, 0.05) is 64.2 Å². The normalized spacial score (nSPS) is 11.8. The molecular weight excluding hydrogens is 544 g/mol. The van der Waals surface area contributed by atoms with Gasteiger partial charge >= 0.3 is 0 Å². The zero-order valence-corrected chi connectivity index (χ0v) is 30.7. The molecule has 0 saturated heterocycles. The van der Waals surface area contributed by atoms with E-state index in [1.54, 1.807) is 0 Å². The highest BCUT2D eigenvalue weighted by Crippen LogP contribution is 2.12. The predicted octanol–water partition coefficient (Wildman–Crippen LogP) is 9.26. The van der Waals surface area contributed by atoms with Crippen LogP contribution in [0.25, 0.3) is 0 Å². The van der Waals surface area contributed by atoms with Crippen LogP contribution in [-0.4, -0.2) is 73.0 Å². The van der Waals surface area contributed by atoms with Gasteiger partial charge in [0.15, 0.2) is 0 Å². The van der Waals surface area contributed by atoms with E-state index in [1.165, 1.54) is 116 Å². The average molecular weight is 623 g/mol. The van der Waals surface area contributed by atoms with Crippen molar-refractivity contribution in [2.75, 3.05) is 39.3 Å². The summed E-state index contributed by atoms with van der Waals surface area (Å²) >= 11 is 0. The Morgan fingerprint density at radius 2 is 0.705 bits per heavy atom. The quantitative estimate of drug-likeness (QED) is 0.0716. The number of carbonyl (C=O) groups is 2. The van der Waals surface area contributed by atoms with Gasteiger partial charge in [-0.05, 0) is 40.5 Å². The lowest BCUT2D eigenvalue weighted by Crippen LogP contribution is -2.43. The van der Waals surface area contributed by atoms with Crippen molar-refractivity contribution in [1.82, 2.24) is 20.4 Å². The van der Waals surface area contributed by atoms with Crippen molar-refractivity contribution in [2.24, 2.45) is 0 Å². The monoisotopic (exact) mass is 623 g/mol. The fourth-order valence-electron chi connectivity index (χ4n) is 5.86. The Balaban J connectivity index is 4.01. The molecule has 0 aromatic rings. The van der Waals surface area contributed by atoms with Crippen LogP contribution in [0.2, 0.25) is 0 Å². The highest BCUT2D eigenvalue weighted by molar-refractivity contribution is 5.76. The van der Waals surface area contributed by atoms with E-state index in [2.05, 4.69) is 62.0 Å². The summed E-state index contributed by atoms with van der Waals surface area (Å²) in [6.07, 6.45) is 27.4. The minimum Gasteiger partial charge on any atom is -0.356 e. The first kappa shape index (κ1) is 42.9. The zero-order valence-electron chi connectivity index (χ0n) is 30.7. The molecule has 6 nitrogen and oxygen atoms in total. The number of unbranched alkanes of at least 4 members (excludes halogenated alkanes) is 18. The van der Waals surface area contributed by atoms with Crippen LogP contribution in [0, 0.1) is 0 Å². The minimum absolute atomic E-state index is 0.173. The smallest absolute Gasteiger partial charge is 0.221 e. The molecule has 6 heteroatoms. The largest absolute Gasteiger partial charge is 0.356 e. The fourth-order valence-corrected chi connectivity index (χ4v) is 5.86. The molecule has 2 amide bonds. The molecule has 0 fully saturated rings. The highest BCUT2D eigenvalue weighted by atomic mass is 16.2. The molecule has 0 bridgehead atoms. The molecule has 2 N–H and O–H groups in total. The second-order valence-corrected chi connectivity index (χ2v) is 13.8. The fraction of sp³-hybridized carbons (Fsp3) is 0.947. The molecule has 44 heavy (non-hydrogen) atoms. The lowest BCUT2D eigenvalue weighted by atomic mass is 10.1. The Morgan fingerprint density at radius 1 is 0.432 bits per heavy atom. The second-order valence-electron chi connectivity index (χ2n) is 13.8. The van der Waals surface area contributed by atoms with Crippen LogP contribution in [0.15, 0.2) is 0 Å².